The molecule has 0 saturated carbocycles. The molecule has 2 aromatic carbocycles. The van der Waals surface area contributed by atoms with Gasteiger partial charge in [0.2, 0.25) is 0 Å². The number of alkyl halides is 3. The van der Waals surface area contributed by atoms with Crippen LogP contribution in [-0.4, -0.2) is 83.3 Å². The molecule has 6 rings (SSSR count). The number of nitrogens with one attached hydrogen (secondary N) is 2. The van der Waals surface area contributed by atoms with Crippen molar-refractivity contribution < 1.29 is 22.7 Å². The quantitative estimate of drug-likeness (QED) is 0.285. The molecule has 232 valence electrons. The number of rotatable bonds is 7. The Balaban J connectivity index is 1.20. The minimum atomic E-state index is -4.58. The van der Waals surface area contributed by atoms with E-state index in [1.807, 2.05) is 24.9 Å². The molecule has 0 aliphatic carbocycles. The van der Waals surface area contributed by atoms with Gasteiger partial charge in [-0.05, 0) is 62.7 Å². The highest BCUT2D eigenvalue weighted by atomic mass is 32.1. The number of piperazine rings is 1. The number of amides is 1. The van der Waals surface area contributed by atoms with Gasteiger partial charge in [0.1, 0.15) is 5.69 Å². The van der Waals surface area contributed by atoms with Crippen LogP contribution in [0.4, 0.5) is 29.7 Å². The van der Waals surface area contributed by atoms with Crippen LogP contribution in [0.3, 0.4) is 0 Å². The summed E-state index contributed by atoms with van der Waals surface area (Å²) in [6, 6.07) is 9.01. The lowest BCUT2D eigenvalue weighted by Crippen LogP contribution is -2.44. The smallest absolute Gasteiger partial charge is 0.379 e. The molecule has 1 amide bonds. The maximum Gasteiger partial charge on any atom is 0.416 e. The second kappa shape index (κ2) is 12.5. The SMILES string of the molecule is Cc1ccc(NC(=O)c2cc(N3CCN(C)CC3)cc(C(F)(F)F)c2)cc1-n1cc(-c2cnc(NC3CCCOC3)s2)nn1. The van der Waals surface area contributed by atoms with Crippen LogP contribution in [0, 0.1) is 6.92 Å². The molecule has 2 fully saturated rings. The Morgan fingerprint density at radius 1 is 1.11 bits per heavy atom. The average molecular weight is 627 g/mol. The minimum Gasteiger partial charge on any atom is -0.379 e. The molecule has 1 unspecified atom stereocenters. The highest BCUT2D eigenvalue weighted by molar-refractivity contribution is 7.18. The number of aromatic nitrogens is 4. The molecule has 0 radical (unpaired) electrons. The predicted octanol–water partition coefficient (Wildman–Crippen LogP) is 5.31. The van der Waals surface area contributed by atoms with Gasteiger partial charge in [-0.15, -0.1) is 5.10 Å². The molecule has 2 aliphatic heterocycles. The van der Waals surface area contributed by atoms with Crippen molar-refractivity contribution in [2.24, 2.45) is 0 Å². The number of carbonyl (C=O) groups excluding carboxylic acids is 1. The molecular formula is C30H33F3N8O2S. The Hall–Kier alpha value is -4.01. The highest BCUT2D eigenvalue weighted by Crippen LogP contribution is 2.34. The van der Waals surface area contributed by atoms with Gasteiger partial charge in [-0.3, -0.25) is 4.79 Å². The lowest BCUT2D eigenvalue weighted by atomic mass is 10.1. The van der Waals surface area contributed by atoms with E-state index in [4.69, 9.17) is 4.74 Å². The first-order chi connectivity index (χ1) is 21.1. The Bertz CT molecular complexity index is 1620. The Labute approximate surface area is 256 Å². The molecular weight excluding hydrogens is 593 g/mol. The molecule has 2 aromatic heterocycles. The summed E-state index contributed by atoms with van der Waals surface area (Å²) in [6.45, 7) is 5.96. The molecule has 10 nitrogen and oxygen atoms in total. The van der Waals surface area contributed by atoms with Crippen molar-refractivity contribution in [3.8, 4) is 16.3 Å². The Morgan fingerprint density at radius 2 is 1.93 bits per heavy atom. The highest BCUT2D eigenvalue weighted by Gasteiger charge is 2.33. The molecule has 1 atom stereocenters. The largest absolute Gasteiger partial charge is 0.416 e. The normalized spacial score (nSPS) is 17.9. The van der Waals surface area contributed by atoms with Crippen molar-refractivity contribution in [3.05, 3.63) is 65.5 Å². The summed E-state index contributed by atoms with van der Waals surface area (Å²) >= 11 is 1.48. The van der Waals surface area contributed by atoms with E-state index in [1.54, 1.807) is 29.2 Å². The number of anilines is 3. The Morgan fingerprint density at radius 3 is 2.68 bits per heavy atom. The van der Waals surface area contributed by atoms with E-state index in [2.05, 4.69) is 30.8 Å². The maximum absolute atomic E-state index is 13.8. The summed E-state index contributed by atoms with van der Waals surface area (Å²) < 4.78 is 48.5. The van der Waals surface area contributed by atoms with Crippen LogP contribution in [0.15, 0.2) is 48.8 Å². The lowest BCUT2D eigenvalue weighted by molar-refractivity contribution is -0.137. The number of halogens is 3. The van der Waals surface area contributed by atoms with Crippen molar-refractivity contribution >= 4 is 33.8 Å². The number of thiazole rings is 1. The zero-order valence-corrected chi connectivity index (χ0v) is 25.2. The zero-order chi connectivity index (χ0) is 30.8. The van der Waals surface area contributed by atoms with Crippen LogP contribution < -0.4 is 15.5 Å². The number of aryl methyl sites for hydroxylation is 1. The third kappa shape index (κ3) is 6.87. The Kier molecular flexibility index (Phi) is 8.56. The van der Waals surface area contributed by atoms with E-state index < -0.39 is 17.6 Å². The van der Waals surface area contributed by atoms with E-state index in [0.29, 0.717) is 42.5 Å². The average Bonchev–Trinajstić information content (AvgIpc) is 3.68. The van der Waals surface area contributed by atoms with Gasteiger partial charge in [-0.1, -0.05) is 22.6 Å². The van der Waals surface area contributed by atoms with Crippen molar-refractivity contribution in [3.63, 3.8) is 0 Å². The third-order valence-electron chi connectivity index (χ3n) is 7.83. The molecule has 4 aromatic rings. The fourth-order valence-corrected chi connectivity index (χ4v) is 6.12. The summed E-state index contributed by atoms with van der Waals surface area (Å²) in [7, 11) is 1.97. The summed E-state index contributed by atoms with van der Waals surface area (Å²) in [5.41, 5.74) is 2.08. The van der Waals surface area contributed by atoms with E-state index in [0.717, 1.165) is 60.2 Å². The molecule has 2 saturated heterocycles. The van der Waals surface area contributed by atoms with Crippen molar-refractivity contribution in [1.29, 1.82) is 0 Å². The summed E-state index contributed by atoms with van der Waals surface area (Å²) in [6.07, 6.45) is 0.992. The number of carbonyl (C=O) groups is 1. The summed E-state index contributed by atoms with van der Waals surface area (Å²) in [5, 5.41) is 15.6. The number of likely N-dealkylation sites (N-methyl/N-ethyl adjacent to an activating group) is 1. The topological polar surface area (TPSA) is 100 Å². The summed E-state index contributed by atoms with van der Waals surface area (Å²) in [4.78, 5) is 22.6. The van der Waals surface area contributed by atoms with Gasteiger partial charge in [0, 0.05) is 55.9 Å². The number of benzene rings is 2. The van der Waals surface area contributed by atoms with E-state index in [1.165, 1.54) is 17.4 Å². The third-order valence-corrected chi connectivity index (χ3v) is 8.78. The number of hydrogen-bond acceptors (Lipinski definition) is 9. The van der Waals surface area contributed by atoms with Crippen molar-refractivity contribution in [2.75, 3.05) is 62.0 Å². The van der Waals surface area contributed by atoms with Gasteiger partial charge in [0.05, 0.1) is 35.0 Å². The van der Waals surface area contributed by atoms with Gasteiger partial charge in [-0.2, -0.15) is 13.2 Å². The molecule has 2 aliphatic rings. The van der Waals surface area contributed by atoms with Crippen LogP contribution in [-0.2, 0) is 10.9 Å². The van der Waals surface area contributed by atoms with Crippen LogP contribution >= 0.6 is 11.3 Å². The maximum atomic E-state index is 13.8. The first kappa shape index (κ1) is 30.0. The fraction of sp³-hybridized carbons (Fsp3) is 0.400. The monoisotopic (exact) mass is 626 g/mol. The second-order valence-corrected chi connectivity index (χ2v) is 12.2. The van der Waals surface area contributed by atoms with Gasteiger partial charge >= 0.3 is 6.18 Å². The molecule has 0 spiro atoms. The molecule has 2 N–H and O–H groups in total. The van der Waals surface area contributed by atoms with Gasteiger partial charge in [-0.25, -0.2) is 9.67 Å². The van der Waals surface area contributed by atoms with E-state index in [-0.39, 0.29) is 11.6 Å². The second-order valence-electron chi connectivity index (χ2n) is 11.1. The van der Waals surface area contributed by atoms with E-state index >= 15 is 0 Å². The van der Waals surface area contributed by atoms with Crippen LogP contribution in [0.2, 0.25) is 0 Å². The van der Waals surface area contributed by atoms with Gasteiger partial charge in [0.25, 0.3) is 5.91 Å². The zero-order valence-electron chi connectivity index (χ0n) is 24.4. The van der Waals surface area contributed by atoms with Crippen LogP contribution in [0.1, 0.15) is 34.3 Å². The predicted molar refractivity (Wildman–Crippen MR) is 164 cm³/mol. The molecule has 14 heteroatoms. The van der Waals surface area contributed by atoms with Crippen molar-refractivity contribution in [1.82, 2.24) is 24.9 Å². The first-order valence-corrected chi connectivity index (χ1v) is 15.2. The number of hydrogen-bond donors (Lipinski definition) is 2. The minimum absolute atomic E-state index is 0.0617. The van der Waals surface area contributed by atoms with Crippen LogP contribution in [0.25, 0.3) is 16.3 Å². The first-order valence-electron chi connectivity index (χ1n) is 14.4. The number of nitrogens with zero attached hydrogens (tertiary/aromatic N) is 6. The van der Waals surface area contributed by atoms with Crippen molar-refractivity contribution in [2.45, 2.75) is 32.0 Å². The molecule has 44 heavy (non-hydrogen) atoms. The van der Waals surface area contributed by atoms with E-state index in [9.17, 15) is 18.0 Å². The standard InChI is InChI=1S/C30H33F3N8O2S/c1-19-5-6-22(35-28(42)20-12-21(30(31,32)33)14-24(13-20)40-9-7-39(2)8-10-40)15-26(19)41-17-25(37-38-41)27-16-34-29(44-27)36-23-4-3-11-43-18-23/h5-6,12-17,23H,3-4,7-11,18H2,1-2H3,(H,34,36)(H,35,42). The number of ether oxygens (including phenoxy) is 1. The van der Waals surface area contributed by atoms with Gasteiger partial charge < -0.3 is 25.2 Å². The van der Waals surface area contributed by atoms with Gasteiger partial charge in [0.15, 0.2) is 5.13 Å². The summed E-state index contributed by atoms with van der Waals surface area (Å²) in [5.74, 6) is -0.631. The lowest BCUT2D eigenvalue weighted by Gasteiger charge is -2.34. The molecule has 4 heterocycles. The van der Waals surface area contributed by atoms with Crippen LogP contribution in [0.5, 0.6) is 0 Å². The molecule has 0 bridgehead atoms. The fourth-order valence-electron chi connectivity index (χ4n) is 5.27.